The van der Waals surface area contributed by atoms with Crippen LogP contribution in [0.3, 0.4) is 0 Å². The molecular formula is C12H17ClO2. The summed E-state index contributed by atoms with van der Waals surface area (Å²) in [6.45, 7) is 4.21. The van der Waals surface area contributed by atoms with Crippen molar-refractivity contribution in [2.24, 2.45) is 0 Å². The number of benzene rings is 1. The third-order valence-corrected chi connectivity index (χ3v) is 2.99. The highest BCUT2D eigenvalue weighted by Crippen LogP contribution is 2.32. The number of hydrogen-bond acceptors (Lipinski definition) is 2. The second-order valence-corrected chi connectivity index (χ2v) is 4.04. The standard InChI is InChI=1S/C12H17ClO2/c1-4-9(7-14)10-6-11(13)12(15-3)5-8(10)2/h5-6,9,14H,4,7H2,1-3H3. The highest BCUT2D eigenvalue weighted by molar-refractivity contribution is 6.32. The van der Waals surface area contributed by atoms with Gasteiger partial charge in [-0.1, -0.05) is 18.5 Å². The van der Waals surface area contributed by atoms with Crippen molar-refractivity contribution in [3.63, 3.8) is 0 Å². The van der Waals surface area contributed by atoms with Crippen LogP contribution in [0.1, 0.15) is 30.4 Å². The molecule has 0 bridgehead atoms. The van der Waals surface area contributed by atoms with Gasteiger partial charge in [-0.2, -0.15) is 0 Å². The van der Waals surface area contributed by atoms with E-state index >= 15 is 0 Å². The molecule has 3 heteroatoms. The minimum atomic E-state index is 0.153. The van der Waals surface area contributed by atoms with Crippen LogP contribution in [0.15, 0.2) is 12.1 Å². The molecule has 1 rings (SSSR count). The fourth-order valence-corrected chi connectivity index (χ4v) is 1.96. The molecule has 0 fully saturated rings. The summed E-state index contributed by atoms with van der Waals surface area (Å²) in [5.74, 6) is 0.846. The summed E-state index contributed by atoms with van der Waals surface area (Å²) in [6, 6.07) is 3.80. The van der Waals surface area contributed by atoms with Crippen LogP contribution in [0, 0.1) is 6.92 Å². The van der Waals surface area contributed by atoms with Gasteiger partial charge >= 0.3 is 0 Å². The van der Waals surface area contributed by atoms with E-state index in [0.717, 1.165) is 17.5 Å². The molecule has 0 radical (unpaired) electrons. The van der Waals surface area contributed by atoms with Crippen LogP contribution in [0.25, 0.3) is 0 Å². The Balaban J connectivity index is 3.14. The maximum atomic E-state index is 9.25. The highest BCUT2D eigenvalue weighted by atomic mass is 35.5. The van der Waals surface area contributed by atoms with E-state index in [-0.39, 0.29) is 12.5 Å². The van der Waals surface area contributed by atoms with Gasteiger partial charge in [0.2, 0.25) is 0 Å². The lowest BCUT2D eigenvalue weighted by atomic mass is 9.93. The molecular weight excluding hydrogens is 212 g/mol. The van der Waals surface area contributed by atoms with Gasteiger partial charge in [0.1, 0.15) is 5.75 Å². The molecule has 1 N–H and O–H groups in total. The predicted octanol–water partition coefficient (Wildman–Crippen LogP) is 3.14. The number of aliphatic hydroxyl groups is 1. The van der Waals surface area contributed by atoms with Crippen LogP contribution in [-0.2, 0) is 0 Å². The summed E-state index contributed by atoms with van der Waals surface area (Å²) >= 11 is 6.05. The first-order valence-corrected chi connectivity index (χ1v) is 5.46. The first-order valence-electron chi connectivity index (χ1n) is 5.08. The highest BCUT2D eigenvalue weighted by Gasteiger charge is 2.13. The molecule has 0 saturated carbocycles. The Labute approximate surface area is 95.8 Å². The summed E-state index contributed by atoms with van der Waals surface area (Å²) in [7, 11) is 1.60. The van der Waals surface area contributed by atoms with Gasteiger partial charge < -0.3 is 9.84 Å². The van der Waals surface area contributed by atoms with Crippen molar-refractivity contribution in [2.45, 2.75) is 26.2 Å². The zero-order chi connectivity index (χ0) is 11.4. The average Bonchev–Trinajstić information content (AvgIpc) is 2.24. The molecule has 1 unspecified atom stereocenters. The van der Waals surface area contributed by atoms with Gasteiger partial charge in [-0.05, 0) is 36.6 Å². The van der Waals surface area contributed by atoms with Crippen molar-refractivity contribution in [1.29, 1.82) is 0 Å². The van der Waals surface area contributed by atoms with Crippen LogP contribution in [-0.4, -0.2) is 18.8 Å². The maximum Gasteiger partial charge on any atom is 0.137 e. The van der Waals surface area contributed by atoms with Gasteiger partial charge in [-0.15, -0.1) is 0 Å². The fourth-order valence-electron chi connectivity index (χ4n) is 1.71. The second kappa shape index (κ2) is 5.38. The summed E-state index contributed by atoms with van der Waals surface area (Å²) in [5, 5.41) is 9.85. The van der Waals surface area contributed by atoms with Gasteiger partial charge in [0.15, 0.2) is 0 Å². The van der Waals surface area contributed by atoms with Gasteiger partial charge in [-0.3, -0.25) is 0 Å². The molecule has 2 nitrogen and oxygen atoms in total. The zero-order valence-electron chi connectivity index (χ0n) is 9.38. The van der Waals surface area contributed by atoms with E-state index in [9.17, 15) is 5.11 Å². The van der Waals surface area contributed by atoms with Crippen LogP contribution in [0.2, 0.25) is 5.02 Å². The Bertz CT molecular complexity index is 333. The van der Waals surface area contributed by atoms with Crippen LogP contribution >= 0.6 is 11.6 Å². The number of aryl methyl sites for hydroxylation is 1. The van der Waals surface area contributed by atoms with E-state index in [2.05, 4.69) is 6.92 Å². The first kappa shape index (κ1) is 12.3. The minimum Gasteiger partial charge on any atom is -0.495 e. The maximum absolute atomic E-state index is 9.25. The van der Waals surface area contributed by atoms with Gasteiger partial charge in [0, 0.05) is 12.5 Å². The van der Waals surface area contributed by atoms with Gasteiger partial charge in [-0.25, -0.2) is 0 Å². The molecule has 15 heavy (non-hydrogen) atoms. The Kier molecular flexibility index (Phi) is 4.43. The van der Waals surface area contributed by atoms with Crippen LogP contribution in [0.5, 0.6) is 5.75 Å². The quantitative estimate of drug-likeness (QED) is 0.858. The van der Waals surface area contributed by atoms with Crippen molar-refractivity contribution >= 4 is 11.6 Å². The molecule has 0 aliphatic carbocycles. The molecule has 1 atom stereocenters. The summed E-state index contributed by atoms with van der Waals surface area (Å²) in [5.41, 5.74) is 2.21. The van der Waals surface area contributed by atoms with Crippen molar-refractivity contribution in [3.8, 4) is 5.75 Å². The molecule has 0 aliphatic rings. The molecule has 0 aliphatic heterocycles. The van der Waals surface area contributed by atoms with Crippen molar-refractivity contribution in [1.82, 2.24) is 0 Å². The first-order chi connectivity index (χ1) is 7.13. The lowest BCUT2D eigenvalue weighted by Gasteiger charge is -2.16. The van der Waals surface area contributed by atoms with Crippen LogP contribution < -0.4 is 4.74 Å². The third kappa shape index (κ3) is 2.64. The number of methoxy groups -OCH3 is 1. The molecule has 1 aromatic carbocycles. The predicted molar refractivity (Wildman–Crippen MR) is 62.9 cm³/mol. The van der Waals surface area contributed by atoms with Crippen LogP contribution in [0.4, 0.5) is 0 Å². The number of rotatable bonds is 4. The third-order valence-electron chi connectivity index (χ3n) is 2.69. The van der Waals surface area contributed by atoms with Crippen molar-refractivity contribution in [3.05, 3.63) is 28.3 Å². The van der Waals surface area contributed by atoms with E-state index in [4.69, 9.17) is 16.3 Å². The molecule has 84 valence electrons. The molecule has 0 heterocycles. The molecule has 0 saturated heterocycles. The lowest BCUT2D eigenvalue weighted by Crippen LogP contribution is -2.05. The van der Waals surface area contributed by atoms with E-state index < -0.39 is 0 Å². The Morgan fingerprint density at radius 3 is 2.60 bits per heavy atom. The van der Waals surface area contributed by atoms with Gasteiger partial charge in [0.25, 0.3) is 0 Å². The number of hydrogen-bond donors (Lipinski definition) is 1. The topological polar surface area (TPSA) is 29.5 Å². The summed E-state index contributed by atoms with van der Waals surface area (Å²) in [6.07, 6.45) is 0.903. The molecule has 1 aromatic rings. The van der Waals surface area contributed by atoms with E-state index in [0.29, 0.717) is 10.8 Å². The van der Waals surface area contributed by atoms with Gasteiger partial charge in [0.05, 0.1) is 12.1 Å². The van der Waals surface area contributed by atoms with E-state index in [1.165, 1.54) is 0 Å². The Hall–Kier alpha value is -0.730. The number of ether oxygens (including phenoxy) is 1. The van der Waals surface area contributed by atoms with Crippen molar-refractivity contribution in [2.75, 3.05) is 13.7 Å². The number of halogens is 1. The normalized spacial score (nSPS) is 12.6. The monoisotopic (exact) mass is 228 g/mol. The number of aliphatic hydroxyl groups excluding tert-OH is 1. The Morgan fingerprint density at radius 1 is 1.47 bits per heavy atom. The fraction of sp³-hybridized carbons (Fsp3) is 0.500. The zero-order valence-corrected chi connectivity index (χ0v) is 10.1. The Morgan fingerprint density at radius 2 is 2.13 bits per heavy atom. The molecule has 0 spiro atoms. The second-order valence-electron chi connectivity index (χ2n) is 3.63. The summed E-state index contributed by atoms with van der Waals surface area (Å²) in [4.78, 5) is 0. The molecule has 0 amide bonds. The molecule has 0 aromatic heterocycles. The SMILES string of the molecule is CCC(CO)c1cc(Cl)c(OC)cc1C. The minimum absolute atomic E-state index is 0.153. The van der Waals surface area contributed by atoms with E-state index in [1.54, 1.807) is 7.11 Å². The largest absolute Gasteiger partial charge is 0.495 e. The lowest BCUT2D eigenvalue weighted by molar-refractivity contribution is 0.262. The smallest absolute Gasteiger partial charge is 0.137 e. The van der Waals surface area contributed by atoms with E-state index in [1.807, 2.05) is 19.1 Å². The summed E-state index contributed by atoms with van der Waals surface area (Å²) < 4.78 is 5.13. The average molecular weight is 229 g/mol. The van der Waals surface area contributed by atoms with Crippen molar-refractivity contribution < 1.29 is 9.84 Å².